The first-order valence-corrected chi connectivity index (χ1v) is 6.80. The van der Waals surface area contributed by atoms with E-state index in [1.807, 2.05) is 23.7 Å². The number of rotatable bonds is 1. The van der Waals surface area contributed by atoms with Gasteiger partial charge in [-0.05, 0) is 32.5 Å². The number of hydrogen-bond donors (Lipinski definition) is 0. The van der Waals surface area contributed by atoms with Gasteiger partial charge in [0.05, 0.1) is 4.88 Å². The van der Waals surface area contributed by atoms with Crippen LogP contribution < -0.4 is 0 Å². The Labute approximate surface area is 113 Å². The maximum absolute atomic E-state index is 4.51. The number of quaternary nitrogens is 1. The molecule has 7 heteroatoms. The Bertz CT molecular complexity index is 558. The lowest BCUT2D eigenvalue weighted by Crippen LogP contribution is -2.33. The molecule has 0 fully saturated rings. The summed E-state index contributed by atoms with van der Waals surface area (Å²) < 4.78 is 0.879. The maximum Gasteiger partial charge on any atom is 0.290 e. The quantitative estimate of drug-likeness (QED) is 0.544. The van der Waals surface area contributed by atoms with Crippen LogP contribution in [0.25, 0.3) is 0 Å². The highest BCUT2D eigenvalue weighted by molar-refractivity contribution is 9.11. The smallest absolute Gasteiger partial charge is 0.235 e. The highest BCUT2D eigenvalue weighted by atomic mass is 79.9. The van der Waals surface area contributed by atoms with Crippen molar-refractivity contribution in [3.05, 3.63) is 33.2 Å². The second kappa shape index (κ2) is 3.69. The first-order valence-electron chi connectivity index (χ1n) is 4.41. The zero-order valence-corrected chi connectivity index (χ0v) is 11.8. The predicted molar refractivity (Wildman–Crippen MR) is 73.0 cm³/mol. The summed E-state index contributed by atoms with van der Waals surface area (Å²) in [5, 5.41) is 6.52. The summed E-state index contributed by atoms with van der Waals surface area (Å²) in [5.41, 5.74) is 0. The number of nitrogens with zero attached hydrogens (tertiary/aromatic N) is 4. The highest BCUT2D eigenvalue weighted by Gasteiger charge is 2.40. The summed E-state index contributed by atoms with van der Waals surface area (Å²) in [7, 11) is 0. The molecule has 0 aromatic carbocycles. The van der Waals surface area contributed by atoms with Crippen LogP contribution in [0, 0.1) is 0 Å². The molecule has 1 aromatic heterocycles. The predicted octanol–water partition coefficient (Wildman–Crippen LogP) is 3.23. The van der Waals surface area contributed by atoms with Crippen molar-refractivity contribution in [2.45, 2.75) is 0 Å². The third kappa shape index (κ3) is 1.64. The minimum Gasteiger partial charge on any atom is -0.235 e. The average Bonchev–Trinajstić information content (AvgIpc) is 2.81. The summed E-state index contributed by atoms with van der Waals surface area (Å²) in [6.07, 6.45) is 3.53. The van der Waals surface area contributed by atoms with Crippen molar-refractivity contribution in [3.63, 3.8) is 0 Å². The fraction of sp³-hybridized carbons (Fsp3) is 0. The van der Waals surface area contributed by atoms with Gasteiger partial charge in [0.25, 0.3) is 22.0 Å². The minimum atomic E-state index is 0.143. The highest BCUT2D eigenvalue weighted by Crippen LogP contribution is 2.32. The molecule has 0 amide bonds. The molecule has 0 saturated heterocycles. The van der Waals surface area contributed by atoms with Gasteiger partial charge in [-0.1, -0.05) is 9.68 Å². The van der Waals surface area contributed by atoms with Crippen LogP contribution in [-0.4, -0.2) is 21.5 Å². The Balaban J connectivity index is 2.09. The molecule has 80 valence electrons. The Kier molecular flexibility index (Phi) is 2.43. The van der Waals surface area contributed by atoms with E-state index in [0.717, 1.165) is 21.2 Å². The van der Waals surface area contributed by atoms with Crippen LogP contribution in [0.3, 0.4) is 0 Å². The third-order valence-corrected chi connectivity index (χ3v) is 4.11. The SMILES string of the molecule is BrC1=C[N+]2(Br)N=C(c3cccs3)N=C2C=N1. The van der Waals surface area contributed by atoms with E-state index in [4.69, 9.17) is 0 Å². The summed E-state index contributed by atoms with van der Waals surface area (Å²) in [5.74, 6) is 1.48. The van der Waals surface area contributed by atoms with Gasteiger partial charge in [-0.15, -0.1) is 11.3 Å². The molecule has 4 nitrogen and oxygen atoms in total. The molecule has 0 radical (unpaired) electrons. The molecule has 0 bridgehead atoms. The van der Waals surface area contributed by atoms with Gasteiger partial charge in [-0.25, -0.2) is 4.99 Å². The Morgan fingerprint density at radius 3 is 3.00 bits per heavy atom. The van der Waals surface area contributed by atoms with E-state index < -0.39 is 0 Å². The summed E-state index contributed by atoms with van der Waals surface area (Å²) in [6.45, 7) is 0. The molecule has 0 N–H and O–H groups in total. The minimum absolute atomic E-state index is 0.143. The Morgan fingerprint density at radius 1 is 1.38 bits per heavy atom. The van der Waals surface area contributed by atoms with E-state index in [-0.39, 0.29) is 3.62 Å². The van der Waals surface area contributed by atoms with Crippen molar-refractivity contribution in [1.29, 1.82) is 0 Å². The van der Waals surface area contributed by atoms with E-state index >= 15 is 0 Å². The molecule has 16 heavy (non-hydrogen) atoms. The van der Waals surface area contributed by atoms with Crippen LogP contribution in [-0.2, 0) is 0 Å². The van der Waals surface area contributed by atoms with Gasteiger partial charge >= 0.3 is 0 Å². The van der Waals surface area contributed by atoms with E-state index in [9.17, 15) is 0 Å². The zero-order chi connectivity index (χ0) is 11.2. The van der Waals surface area contributed by atoms with Gasteiger partial charge in [-0.2, -0.15) is 4.99 Å². The molecule has 0 saturated carbocycles. The zero-order valence-electron chi connectivity index (χ0n) is 7.84. The van der Waals surface area contributed by atoms with Gasteiger partial charge in [0.2, 0.25) is 5.84 Å². The Hall–Kier alpha value is -0.630. The van der Waals surface area contributed by atoms with E-state index in [0.29, 0.717) is 0 Å². The fourth-order valence-corrected chi connectivity index (χ4v) is 3.24. The third-order valence-electron chi connectivity index (χ3n) is 2.10. The lowest BCUT2D eigenvalue weighted by Gasteiger charge is -2.15. The maximum atomic E-state index is 4.51. The molecule has 3 heterocycles. The lowest BCUT2D eigenvalue weighted by molar-refractivity contribution is -0.619. The van der Waals surface area contributed by atoms with Gasteiger partial charge in [0.15, 0.2) is 10.8 Å². The summed E-state index contributed by atoms with van der Waals surface area (Å²) >= 11 is 8.46. The van der Waals surface area contributed by atoms with Crippen LogP contribution in [0.2, 0.25) is 0 Å². The number of hydrogen-bond acceptors (Lipinski definition) is 4. The largest absolute Gasteiger partial charge is 0.290 e. The van der Waals surface area contributed by atoms with Crippen molar-refractivity contribution < 1.29 is 3.62 Å². The normalized spacial score (nSPS) is 27.2. The van der Waals surface area contributed by atoms with E-state index in [1.165, 1.54) is 0 Å². The van der Waals surface area contributed by atoms with E-state index in [2.05, 4.69) is 47.2 Å². The van der Waals surface area contributed by atoms with Crippen LogP contribution >= 0.6 is 43.4 Å². The van der Waals surface area contributed by atoms with E-state index in [1.54, 1.807) is 17.6 Å². The molecule has 3 rings (SSSR count). The molecular weight excluding hydrogens is 356 g/mol. The molecule has 0 spiro atoms. The second-order valence-corrected chi connectivity index (χ2v) is 6.02. The van der Waals surface area contributed by atoms with Crippen molar-refractivity contribution >= 4 is 61.3 Å². The molecule has 2 aliphatic heterocycles. The molecule has 1 aromatic rings. The van der Waals surface area contributed by atoms with Crippen molar-refractivity contribution in [3.8, 4) is 0 Å². The van der Waals surface area contributed by atoms with Gasteiger partial charge in [-0.3, -0.25) is 0 Å². The van der Waals surface area contributed by atoms with Crippen LogP contribution in [0.4, 0.5) is 0 Å². The molecular formula is C9H5Br2N4S+. The average molecular weight is 361 g/mol. The van der Waals surface area contributed by atoms with Gasteiger partial charge in [0.1, 0.15) is 6.21 Å². The number of aliphatic imine (C=N–C) groups is 2. The van der Waals surface area contributed by atoms with Crippen LogP contribution in [0.15, 0.2) is 43.4 Å². The Morgan fingerprint density at radius 2 is 2.25 bits per heavy atom. The van der Waals surface area contributed by atoms with Crippen molar-refractivity contribution in [2.24, 2.45) is 15.1 Å². The molecule has 2 aliphatic rings. The molecule has 0 aliphatic carbocycles. The van der Waals surface area contributed by atoms with Gasteiger partial charge in [0, 0.05) is 0 Å². The lowest BCUT2D eigenvalue weighted by atomic mass is 10.4. The first-order chi connectivity index (χ1) is 7.67. The van der Waals surface area contributed by atoms with Crippen LogP contribution in [0.1, 0.15) is 4.88 Å². The van der Waals surface area contributed by atoms with Crippen molar-refractivity contribution in [1.82, 2.24) is 0 Å². The van der Waals surface area contributed by atoms with Crippen molar-refractivity contribution in [2.75, 3.05) is 0 Å². The topological polar surface area (TPSA) is 37.1 Å². The monoisotopic (exact) mass is 359 g/mol. The molecule has 1 atom stereocenters. The standard InChI is InChI=1S/C9H5Br2N4S/c10-7-5-15(11)8(4-12-7)13-9(14-15)6-2-1-3-16-6/h1-5H/q+1. The molecule has 1 unspecified atom stereocenters. The fourth-order valence-electron chi connectivity index (χ4n) is 1.40. The van der Waals surface area contributed by atoms with Gasteiger partial charge < -0.3 is 0 Å². The first kappa shape index (κ1) is 10.5. The number of halogens is 2. The summed E-state index contributed by atoms with van der Waals surface area (Å²) in [6, 6.07) is 3.99. The second-order valence-electron chi connectivity index (χ2n) is 3.18. The summed E-state index contributed by atoms with van der Waals surface area (Å²) in [4.78, 5) is 9.64. The number of thiophene rings is 1. The number of amidine groups is 2. The van der Waals surface area contributed by atoms with Crippen LogP contribution in [0.5, 0.6) is 0 Å². The number of fused-ring (bicyclic) bond motifs is 1.